The van der Waals surface area contributed by atoms with Gasteiger partial charge in [-0.25, -0.2) is 4.79 Å². The van der Waals surface area contributed by atoms with E-state index in [-0.39, 0.29) is 0 Å². The van der Waals surface area contributed by atoms with Crippen LogP contribution in [0.2, 0.25) is 0 Å². The highest BCUT2D eigenvalue weighted by molar-refractivity contribution is 5.89. The van der Waals surface area contributed by atoms with Gasteiger partial charge in [0.25, 0.3) is 0 Å². The van der Waals surface area contributed by atoms with Gasteiger partial charge in [-0.3, -0.25) is 0 Å². The van der Waals surface area contributed by atoms with Crippen LogP contribution in [0.4, 0.5) is 0 Å². The summed E-state index contributed by atoms with van der Waals surface area (Å²) in [4.78, 5) is 11.9. The first-order valence-corrected chi connectivity index (χ1v) is 7.37. The molecule has 2 rings (SSSR count). The van der Waals surface area contributed by atoms with Crippen molar-refractivity contribution in [3.05, 3.63) is 59.7 Å². The van der Waals surface area contributed by atoms with E-state index in [2.05, 4.69) is 6.92 Å². The lowest BCUT2D eigenvalue weighted by Gasteiger charge is -2.07. The zero-order valence-electron chi connectivity index (χ0n) is 13.5. The number of carbonyl (C=O) groups is 1. The van der Waals surface area contributed by atoms with Crippen molar-refractivity contribution in [1.82, 2.24) is 0 Å². The first-order chi connectivity index (χ1) is 11.2. The second-order valence-electron chi connectivity index (χ2n) is 4.86. The Bertz CT molecular complexity index is 687. The molecular weight excluding hydrogens is 292 g/mol. The molecule has 0 aliphatic rings. The number of benzene rings is 2. The van der Waals surface area contributed by atoms with Crippen molar-refractivity contribution >= 4 is 12.0 Å². The van der Waals surface area contributed by atoms with Crippen molar-refractivity contribution in [3.8, 4) is 17.2 Å². The van der Waals surface area contributed by atoms with Gasteiger partial charge in [-0.2, -0.15) is 0 Å². The van der Waals surface area contributed by atoms with Gasteiger partial charge in [0.1, 0.15) is 17.2 Å². The van der Waals surface area contributed by atoms with Crippen LogP contribution in [0, 0.1) is 0 Å². The standard InChI is InChI=1S/C19H20O4/c1-4-14-5-9-16(10-6-14)23-19(20)12-8-15-7-11-17(21-2)13-18(15)22-3/h5-13H,4H2,1-3H3. The van der Waals surface area contributed by atoms with Gasteiger partial charge in [0.15, 0.2) is 0 Å². The number of carbonyl (C=O) groups excluding carboxylic acids is 1. The van der Waals surface area contributed by atoms with Gasteiger partial charge in [0.2, 0.25) is 0 Å². The van der Waals surface area contributed by atoms with E-state index in [4.69, 9.17) is 14.2 Å². The van der Waals surface area contributed by atoms with Crippen LogP contribution in [0.3, 0.4) is 0 Å². The molecule has 0 aromatic heterocycles. The molecule has 0 N–H and O–H groups in total. The van der Waals surface area contributed by atoms with E-state index in [1.807, 2.05) is 18.2 Å². The molecule has 0 spiro atoms. The first-order valence-electron chi connectivity index (χ1n) is 7.37. The maximum absolute atomic E-state index is 11.9. The zero-order chi connectivity index (χ0) is 16.7. The average Bonchev–Trinajstić information content (AvgIpc) is 2.60. The number of hydrogen-bond acceptors (Lipinski definition) is 4. The van der Waals surface area contributed by atoms with Crippen molar-refractivity contribution in [2.75, 3.05) is 14.2 Å². The van der Waals surface area contributed by atoms with Gasteiger partial charge < -0.3 is 14.2 Å². The molecule has 4 heteroatoms. The van der Waals surface area contributed by atoms with E-state index in [0.29, 0.717) is 17.2 Å². The topological polar surface area (TPSA) is 44.8 Å². The molecule has 0 atom stereocenters. The third-order valence-corrected chi connectivity index (χ3v) is 3.39. The van der Waals surface area contributed by atoms with Crippen LogP contribution in [0.5, 0.6) is 17.2 Å². The smallest absolute Gasteiger partial charge is 0.336 e. The molecule has 0 saturated carbocycles. The number of hydrogen-bond donors (Lipinski definition) is 0. The molecule has 0 radical (unpaired) electrons. The molecule has 0 amide bonds. The predicted molar refractivity (Wildman–Crippen MR) is 90.0 cm³/mol. The SMILES string of the molecule is CCc1ccc(OC(=O)C=Cc2ccc(OC)cc2OC)cc1. The van der Waals surface area contributed by atoms with Crippen LogP contribution in [0.25, 0.3) is 6.08 Å². The van der Waals surface area contributed by atoms with E-state index in [1.165, 1.54) is 11.6 Å². The Morgan fingerprint density at radius 2 is 1.70 bits per heavy atom. The Morgan fingerprint density at radius 1 is 1.00 bits per heavy atom. The molecule has 0 unspecified atom stereocenters. The quantitative estimate of drug-likeness (QED) is 0.461. The summed E-state index contributed by atoms with van der Waals surface area (Å²) in [6.45, 7) is 2.08. The van der Waals surface area contributed by atoms with E-state index in [1.54, 1.807) is 44.6 Å². The summed E-state index contributed by atoms with van der Waals surface area (Å²) in [7, 11) is 3.16. The second-order valence-corrected chi connectivity index (χ2v) is 4.86. The maximum atomic E-state index is 11.9. The van der Waals surface area contributed by atoms with Crippen LogP contribution in [0.15, 0.2) is 48.5 Å². The van der Waals surface area contributed by atoms with Crippen molar-refractivity contribution in [2.24, 2.45) is 0 Å². The molecule has 23 heavy (non-hydrogen) atoms. The molecule has 0 aliphatic heterocycles. The minimum absolute atomic E-state index is 0.438. The summed E-state index contributed by atoms with van der Waals surface area (Å²) < 4.78 is 15.7. The number of rotatable bonds is 6. The predicted octanol–water partition coefficient (Wildman–Crippen LogP) is 3.89. The lowest BCUT2D eigenvalue weighted by atomic mass is 10.1. The minimum atomic E-state index is -0.438. The fourth-order valence-corrected chi connectivity index (χ4v) is 2.06. The molecule has 0 fully saturated rings. The third kappa shape index (κ3) is 4.61. The fourth-order valence-electron chi connectivity index (χ4n) is 2.06. The first kappa shape index (κ1) is 16.6. The minimum Gasteiger partial charge on any atom is -0.497 e. The highest BCUT2D eigenvalue weighted by atomic mass is 16.5. The highest BCUT2D eigenvalue weighted by Crippen LogP contribution is 2.25. The van der Waals surface area contributed by atoms with E-state index in [0.717, 1.165) is 12.0 Å². The normalized spacial score (nSPS) is 10.6. The Hall–Kier alpha value is -2.75. The average molecular weight is 312 g/mol. The largest absolute Gasteiger partial charge is 0.497 e. The van der Waals surface area contributed by atoms with Crippen LogP contribution >= 0.6 is 0 Å². The number of ether oxygens (including phenoxy) is 3. The van der Waals surface area contributed by atoms with Crippen LogP contribution in [-0.2, 0) is 11.2 Å². The summed E-state index contributed by atoms with van der Waals surface area (Å²) in [5.41, 5.74) is 1.97. The molecule has 0 heterocycles. The van der Waals surface area contributed by atoms with Gasteiger partial charge in [-0.05, 0) is 42.3 Å². The molecular formula is C19H20O4. The van der Waals surface area contributed by atoms with Crippen LogP contribution in [0.1, 0.15) is 18.1 Å². The van der Waals surface area contributed by atoms with Crippen molar-refractivity contribution < 1.29 is 19.0 Å². The molecule has 120 valence electrons. The number of aryl methyl sites for hydroxylation is 1. The molecule has 2 aromatic carbocycles. The Kier molecular flexibility index (Phi) is 5.80. The van der Waals surface area contributed by atoms with Gasteiger partial charge in [0.05, 0.1) is 14.2 Å². The molecule has 0 bridgehead atoms. The van der Waals surface area contributed by atoms with Gasteiger partial charge in [-0.15, -0.1) is 0 Å². The molecule has 0 saturated heterocycles. The van der Waals surface area contributed by atoms with Crippen molar-refractivity contribution in [2.45, 2.75) is 13.3 Å². The molecule has 4 nitrogen and oxygen atoms in total. The maximum Gasteiger partial charge on any atom is 0.336 e. The van der Waals surface area contributed by atoms with Crippen molar-refractivity contribution in [3.63, 3.8) is 0 Å². The highest BCUT2D eigenvalue weighted by Gasteiger charge is 2.04. The monoisotopic (exact) mass is 312 g/mol. The molecule has 0 aliphatic carbocycles. The van der Waals surface area contributed by atoms with E-state index in [9.17, 15) is 4.79 Å². The summed E-state index contributed by atoms with van der Waals surface area (Å²) in [5.74, 6) is 1.41. The fraction of sp³-hybridized carbons (Fsp3) is 0.211. The summed E-state index contributed by atoms with van der Waals surface area (Å²) in [6.07, 6.45) is 3.98. The lowest BCUT2D eigenvalue weighted by Crippen LogP contribution is -2.03. The van der Waals surface area contributed by atoms with Gasteiger partial charge in [0, 0.05) is 17.7 Å². The van der Waals surface area contributed by atoms with Crippen LogP contribution in [-0.4, -0.2) is 20.2 Å². The van der Waals surface area contributed by atoms with Crippen molar-refractivity contribution in [1.29, 1.82) is 0 Å². The van der Waals surface area contributed by atoms with Gasteiger partial charge >= 0.3 is 5.97 Å². The summed E-state index contributed by atoms with van der Waals surface area (Å²) in [6, 6.07) is 12.8. The number of methoxy groups -OCH3 is 2. The zero-order valence-corrected chi connectivity index (χ0v) is 13.5. The number of esters is 1. The third-order valence-electron chi connectivity index (χ3n) is 3.39. The van der Waals surface area contributed by atoms with Gasteiger partial charge in [-0.1, -0.05) is 19.1 Å². The van der Waals surface area contributed by atoms with Crippen LogP contribution < -0.4 is 14.2 Å². The summed E-state index contributed by atoms with van der Waals surface area (Å²) >= 11 is 0. The van der Waals surface area contributed by atoms with E-state index >= 15 is 0 Å². The second kappa shape index (κ2) is 8.03. The Morgan fingerprint density at radius 3 is 2.30 bits per heavy atom. The summed E-state index contributed by atoms with van der Waals surface area (Å²) in [5, 5.41) is 0. The Balaban J connectivity index is 2.05. The van der Waals surface area contributed by atoms with E-state index < -0.39 is 5.97 Å². The lowest BCUT2D eigenvalue weighted by molar-refractivity contribution is -0.128. The molecule has 2 aromatic rings. The Labute approximate surface area is 136 Å².